The second kappa shape index (κ2) is 3.06. The molecule has 0 N–H and O–H groups in total. The van der Waals surface area contributed by atoms with E-state index in [1.165, 1.54) is 11.3 Å². The SMILES string of the molecule is CN1CCCC2(C1)OC(=O)c1sccc12. The summed E-state index contributed by atoms with van der Waals surface area (Å²) in [4.78, 5) is 14.7. The number of likely N-dealkylation sites (tertiary alicyclic amines) is 1. The molecule has 0 saturated carbocycles. The molecule has 1 atom stereocenters. The van der Waals surface area contributed by atoms with Crippen LogP contribution in [-0.2, 0) is 10.3 Å². The number of likely N-dealkylation sites (N-methyl/N-ethyl adjacent to an activating group) is 1. The van der Waals surface area contributed by atoms with Crippen LogP contribution in [-0.4, -0.2) is 31.0 Å². The van der Waals surface area contributed by atoms with Crippen molar-refractivity contribution >= 4 is 17.3 Å². The lowest BCUT2D eigenvalue weighted by atomic mass is 9.87. The highest BCUT2D eigenvalue weighted by atomic mass is 32.1. The summed E-state index contributed by atoms with van der Waals surface area (Å²) in [5.74, 6) is -0.129. The summed E-state index contributed by atoms with van der Waals surface area (Å²) in [7, 11) is 2.08. The molecule has 0 amide bonds. The highest BCUT2D eigenvalue weighted by Crippen LogP contribution is 2.44. The molecule has 0 radical (unpaired) electrons. The van der Waals surface area contributed by atoms with Crippen LogP contribution in [0.2, 0.25) is 0 Å². The lowest BCUT2D eigenvalue weighted by Gasteiger charge is -2.37. The number of ether oxygens (including phenoxy) is 1. The molecule has 0 aromatic carbocycles. The van der Waals surface area contributed by atoms with Crippen molar-refractivity contribution in [2.45, 2.75) is 18.4 Å². The van der Waals surface area contributed by atoms with Crippen LogP contribution in [0.25, 0.3) is 0 Å². The summed E-state index contributed by atoms with van der Waals surface area (Å²) in [6.07, 6.45) is 2.06. The standard InChI is InChI=1S/C11H13NO2S/c1-12-5-2-4-11(7-12)8-3-6-15-9(8)10(13)14-11/h3,6H,2,4-5,7H2,1H3. The maximum atomic E-state index is 11.7. The van der Waals surface area contributed by atoms with Gasteiger partial charge in [0.15, 0.2) is 5.60 Å². The number of carbonyl (C=O) groups is 1. The summed E-state index contributed by atoms with van der Waals surface area (Å²) >= 11 is 1.50. The van der Waals surface area contributed by atoms with Crippen molar-refractivity contribution in [2.24, 2.45) is 0 Å². The van der Waals surface area contributed by atoms with Gasteiger partial charge in [-0.1, -0.05) is 0 Å². The zero-order valence-corrected chi connectivity index (χ0v) is 9.47. The van der Waals surface area contributed by atoms with E-state index in [2.05, 4.69) is 11.9 Å². The second-order valence-corrected chi connectivity index (χ2v) is 5.30. The number of nitrogens with zero attached hydrogens (tertiary/aromatic N) is 1. The Morgan fingerprint density at radius 3 is 3.27 bits per heavy atom. The highest BCUT2D eigenvalue weighted by Gasteiger charge is 2.48. The van der Waals surface area contributed by atoms with Gasteiger partial charge >= 0.3 is 5.97 Å². The van der Waals surface area contributed by atoms with E-state index in [0.29, 0.717) is 0 Å². The van der Waals surface area contributed by atoms with E-state index < -0.39 is 0 Å². The van der Waals surface area contributed by atoms with Crippen LogP contribution in [0, 0.1) is 0 Å². The fourth-order valence-electron chi connectivity index (χ4n) is 2.64. The van der Waals surface area contributed by atoms with Gasteiger partial charge in [-0.3, -0.25) is 0 Å². The van der Waals surface area contributed by atoms with Gasteiger partial charge < -0.3 is 9.64 Å². The highest BCUT2D eigenvalue weighted by molar-refractivity contribution is 7.12. The van der Waals surface area contributed by atoms with Gasteiger partial charge in [0.1, 0.15) is 4.88 Å². The van der Waals surface area contributed by atoms with Crippen molar-refractivity contribution in [1.29, 1.82) is 0 Å². The summed E-state index contributed by atoms with van der Waals surface area (Å²) < 4.78 is 5.60. The first-order chi connectivity index (χ1) is 7.21. The minimum Gasteiger partial charge on any atom is -0.449 e. The van der Waals surface area contributed by atoms with Crippen molar-refractivity contribution in [1.82, 2.24) is 4.90 Å². The Bertz CT molecular complexity index is 414. The van der Waals surface area contributed by atoms with Crippen LogP contribution in [0.3, 0.4) is 0 Å². The fraction of sp³-hybridized carbons (Fsp3) is 0.545. The minimum absolute atomic E-state index is 0.129. The number of piperidine rings is 1. The molecule has 1 fully saturated rings. The van der Waals surface area contributed by atoms with Crippen LogP contribution in [0.15, 0.2) is 11.4 Å². The number of thiophene rings is 1. The molecular weight excluding hydrogens is 210 g/mol. The van der Waals surface area contributed by atoms with Gasteiger partial charge in [-0.05, 0) is 37.9 Å². The molecule has 1 aromatic rings. The maximum absolute atomic E-state index is 11.7. The number of esters is 1. The van der Waals surface area contributed by atoms with Crippen molar-refractivity contribution in [3.05, 3.63) is 21.9 Å². The Hall–Kier alpha value is -0.870. The normalized spacial score (nSPS) is 30.6. The molecule has 1 spiro atoms. The first-order valence-electron chi connectivity index (χ1n) is 5.21. The van der Waals surface area contributed by atoms with Crippen LogP contribution in [0.1, 0.15) is 28.1 Å². The molecule has 1 aromatic heterocycles. The van der Waals surface area contributed by atoms with E-state index in [1.807, 2.05) is 11.4 Å². The Morgan fingerprint density at radius 2 is 2.47 bits per heavy atom. The Kier molecular flexibility index (Phi) is 1.91. The predicted octanol–water partition coefficient (Wildman–Crippen LogP) is 1.84. The Balaban J connectivity index is 2.04. The van der Waals surface area contributed by atoms with Crippen LogP contribution in [0.4, 0.5) is 0 Å². The molecule has 0 bridgehead atoms. The van der Waals surface area contributed by atoms with E-state index in [4.69, 9.17) is 4.74 Å². The van der Waals surface area contributed by atoms with Gasteiger partial charge in [-0.2, -0.15) is 0 Å². The quantitative estimate of drug-likeness (QED) is 0.628. The molecule has 2 aliphatic rings. The van der Waals surface area contributed by atoms with Crippen LogP contribution in [0.5, 0.6) is 0 Å². The lowest BCUT2D eigenvalue weighted by Crippen LogP contribution is -2.44. The predicted molar refractivity (Wildman–Crippen MR) is 58.1 cm³/mol. The zero-order chi connectivity index (χ0) is 10.5. The topological polar surface area (TPSA) is 29.5 Å². The van der Waals surface area contributed by atoms with Crippen LogP contribution < -0.4 is 0 Å². The molecular formula is C11H13NO2S. The molecule has 3 rings (SSSR count). The maximum Gasteiger partial charge on any atom is 0.349 e. The van der Waals surface area contributed by atoms with Gasteiger partial charge in [0.2, 0.25) is 0 Å². The molecule has 1 unspecified atom stereocenters. The smallest absolute Gasteiger partial charge is 0.349 e. The number of fused-ring (bicyclic) bond motifs is 2. The Morgan fingerprint density at radius 1 is 1.60 bits per heavy atom. The van der Waals surface area contributed by atoms with Gasteiger partial charge in [-0.25, -0.2) is 4.79 Å². The summed E-state index contributed by atoms with van der Waals surface area (Å²) in [6, 6.07) is 2.05. The van der Waals surface area contributed by atoms with Gasteiger partial charge in [0.25, 0.3) is 0 Å². The average molecular weight is 223 g/mol. The largest absolute Gasteiger partial charge is 0.449 e. The van der Waals surface area contributed by atoms with Crippen molar-refractivity contribution in [2.75, 3.05) is 20.1 Å². The van der Waals surface area contributed by atoms with E-state index >= 15 is 0 Å². The third-order valence-corrected chi connectivity index (χ3v) is 4.17. The minimum atomic E-state index is -0.334. The summed E-state index contributed by atoms with van der Waals surface area (Å²) in [5.41, 5.74) is 0.781. The second-order valence-electron chi connectivity index (χ2n) is 4.39. The number of carbonyl (C=O) groups excluding carboxylic acids is 1. The number of hydrogen-bond donors (Lipinski definition) is 0. The number of hydrogen-bond acceptors (Lipinski definition) is 4. The molecule has 1 saturated heterocycles. The third-order valence-electron chi connectivity index (χ3n) is 3.28. The molecule has 4 heteroatoms. The monoisotopic (exact) mass is 223 g/mol. The summed E-state index contributed by atoms with van der Waals surface area (Å²) in [6.45, 7) is 1.93. The van der Waals surface area contributed by atoms with Crippen molar-refractivity contribution < 1.29 is 9.53 Å². The van der Waals surface area contributed by atoms with E-state index in [9.17, 15) is 4.79 Å². The molecule has 0 aliphatic carbocycles. The molecule has 80 valence electrons. The zero-order valence-electron chi connectivity index (χ0n) is 8.66. The molecule has 15 heavy (non-hydrogen) atoms. The fourth-order valence-corrected chi connectivity index (χ4v) is 3.50. The van der Waals surface area contributed by atoms with E-state index in [0.717, 1.165) is 36.4 Å². The first-order valence-corrected chi connectivity index (χ1v) is 6.09. The first kappa shape index (κ1) is 9.36. The van der Waals surface area contributed by atoms with Crippen molar-refractivity contribution in [3.8, 4) is 0 Å². The lowest BCUT2D eigenvalue weighted by molar-refractivity contribution is -0.0442. The number of rotatable bonds is 0. The van der Waals surface area contributed by atoms with Gasteiger partial charge in [0.05, 0.1) is 0 Å². The van der Waals surface area contributed by atoms with Crippen LogP contribution >= 0.6 is 11.3 Å². The van der Waals surface area contributed by atoms with E-state index in [1.54, 1.807) is 0 Å². The summed E-state index contributed by atoms with van der Waals surface area (Å²) in [5, 5.41) is 1.99. The molecule has 3 nitrogen and oxygen atoms in total. The van der Waals surface area contributed by atoms with Gasteiger partial charge in [-0.15, -0.1) is 11.3 Å². The van der Waals surface area contributed by atoms with Gasteiger partial charge in [0, 0.05) is 12.1 Å². The van der Waals surface area contributed by atoms with E-state index in [-0.39, 0.29) is 11.6 Å². The molecule has 2 aliphatic heterocycles. The third kappa shape index (κ3) is 1.25. The Labute approximate surface area is 92.6 Å². The van der Waals surface area contributed by atoms with Crippen molar-refractivity contribution in [3.63, 3.8) is 0 Å². The average Bonchev–Trinajstić information content (AvgIpc) is 2.72. The molecule has 3 heterocycles.